The summed E-state index contributed by atoms with van der Waals surface area (Å²) in [4.78, 5) is 0.821. The van der Waals surface area contributed by atoms with E-state index < -0.39 is 10.0 Å². The third kappa shape index (κ3) is 3.73. The van der Waals surface area contributed by atoms with Crippen LogP contribution in [0.3, 0.4) is 0 Å². The lowest BCUT2D eigenvalue weighted by molar-refractivity contribution is 0.0173. The van der Waals surface area contributed by atoms with E-state index in [9.17, 15) is 8.42 Å². The van der Waals surface area contributed by atoms with E-state index in [1.54, 1.807) is 6.07 Å². The Morgan fingerprint density at radius 1 is 1.58 bits per heavy atom. The second-order valence-electron chi connectivity index (χ2n) is 4.51. The Labute approximate surface area is 122 Å². The molecule has 106 valence electrons. The number of thiocarbonyl (C=S) groups is 1. The van der Waals surface area contributed by atoms with Crippen molar-refractivity contribution in [3.05, 3.63) is 17.0 Å². The minimum Gasteiger partial charge on any atom is -0.389 e. The molecule has 1 aliphatic rings. The smallest absolute Gasteiger partial charge is 0.250 e. The van der Waals surface area contributed by atoms with Crippen LogP contribution in [0.25, 0.3) is 0 Å². The Balaban J connectivity index is 2.10. The summed E-state index contributed by atoms with van der Waals surface area (Å²) in [5.74, 6) is 0. The van der Waals surface area contributed by atoms with Gasteiger partial charge in [-0.25, -0.2) is 13.1 Å². The van der Waals surface area contributed by atoms with Crippen LogP contribution in [-0.2, 0) is 14.8 Å². The highest BCUT2D eigenvalue weighted by Gasteiger charge is 2.26. The van der Waals surface area contributed by atoms with Crippen molar-refractivity contribution < 1.29 is 13.2 Å². The molecule has 0 aromatic carbocycles. The molecule has 2 rings (SSSR count). The third-order valence-corrected chi connectivity index (χ3v) is 6.38. The number of hydrogen-bond acceptors (Lipinski definition) is 5. The van der Waals surface area contributed by atoms with E-state index >= 15 is 0 Å². The molecule has 0 saturated carbocycles. The van der Waals surface area contributed by atoms with Crippen LogP contribution >= 0.6 is 23.6 Å². The van der Waals surface area contributed by atoms with E-state index in [4.69, 9.17) is 22.7 Å². The highest BCUT2D eigenvalue weighted by Crippen LogP contribution is 2.23. The lowest BCUT2D eigenvalue weighted by atomic mass is 10.1. The first-order valence-corrected chi connectivity index (χ1v) is 8.63. The number of rotatable bonds is 4. The van der Waals surface area contributed by atoms with Crippen LogP contribution in [0.4, 0.5) is 0 Å². The molecular weight excluding hydrogens is 304 g/mol. The van der Waals surface area contributed by atoms with Gasteiger partial charge in [0.15, 0.2) is 0 Å². The maximum absolute atomic E-state index is 12.2. The van der Waals surface area contributed by atoms with Gasteiger partial charge in [-0.05, 0) is 31.9 Å². The van der Waals surface area contributed by atoms with Crippen LogP contribution < -0.4 is 10.5 Å². The number of hydrogen-bond donors (Lipinski definition) is 2. The van der Waals surface area contributed by atoms with Crippen molar-refractivity contribution in [2.75, 3.05) is 6.61 Å². The first-order valence-electron chi connectivity index (χ1n) is 5.92. The summed E-state index contributed by atoms with van der Waals surface area (Å²) in [6.45, 7) is 2.52. The molecule has 8 heteroatoms. The quantitative estimate of drug-likeness (QED) is 0.816. The Kier molecular flexibility index (Phi) is 4.57. The van der Waals surface area contributed by atoms with Gasteiger partial charge < -0.3 is 10.5 Å². The molecule has 2 heterocycles. The van der Waals surface area contributed by atoms with Crippen molar-refractivity contribution in [2.45, 2.75) is 36.1 Å². The minimum absolute atomic E-state index is 0.0795. The van der Waals surface area contributed by atoms with Crippen LogP contribution in [0.5, 0.6) is 0 Å². The molecule has 0 spiro atoms. The van der Waals surface area contributed by atoms with Crippen LogP contribution in [0.15, 0.2) is 16.3 Å². The van der Waals surface area contributed by atoms with Crippen molar-refractivity contribution in [3.8, 4) is 0 Å². The Hall–Kier alpha value is -0.540. The minimum atomic E-state index is -3.50. The van der Waals surface area contributed by atoms with Gasteiger partial charge in [-0.15, -0.1) is 11.3 Å². The van der Waals surface area contributed by atoms with Crippen LogP contribution in [-0.4, -0.2) is 32.2 Å². The van der Waals surface area contributed by atoms with Crippen LogP contribution in [0.1, 0.15) is 24.6 Å². The van der Waals surface area contributed by atoms with Crippen molar-refractivity contribution in [2.24, 2.45) is 5.73 Å². The lowest BCUT2D eigenvalue weighted by Gasteiger charge is -2.27. The molecule has 5 nitrogen and oxygen atoms in total. The molecule has 1 saturated heterocycles. The van der Waals surface area contributed by atoms with E-state index in [1.807, 2.05) is 6.92 Å². The molecule has 1 aromatic rings. The van der Waals surface area contributed by atoms with Crippen molar-refractivity contribution in [3.63, 3.8) is 0 Å². The van der Waals surface area contributed by atoms with E-state index in [-0.39, 0.29) is 21.3 Å². The first kappa shape index (κ1) is 14.9. The Bertz CT molecular complexity index is 567. The molecule has 0 radical (unpaired) electrons. The Morgan fingerprint density at radius 3 is 2.89 bits per heavy atom. The molecule has 1 aromatic heterocycles. The predicted molar refractivity (Wildman–Crippen MR) is 79.0 cm³/mol. The summed E-state index contributed by atoms with van der Waals surface area (Å²) in [6.07, 6.45) is 1.46. The van der Waals surface area contributed by atoms with Crippen molar-refractivity contribution in [1.82, 2.24) is 4.72 Å². The molecule has 1 aliphatic heterocycles. The molecular formula is C11H16N2O3S3. The highest BCUT2D eigenvalue weighted by atomic mass is 32.2. The lowest BCUT2D eigenvalue weighted by Crippen LogP contribution is -2.40. The first-order chi connectivity index (χ1) is 8.88. The zero-order valence-electron chi connectivity index (χ0n) is 10.5. The van der Waals surface area contributed by atoms with Gasteiger partial charge >= 0.3 is 0 Å². The summed E-state index contributed by atoms with van der Waals surface area (Å²) >= 11 is 5.92. The van der Waals surface area contributed by atoms with Gasteiger partial charge in [-0.2, -0.15) is 0 Å². The van der Waals surface area contributed by atoms with Gasteiger partial charge in [0.1, 0.15) is 9.20 Å². The average molecular weight is 320 g/mol. The molecule has 3 N–H and O–H groups in total. The van der Waals surface area contributed by atoms with Crippen LogP contribution in [0.2, 0.25) is 0 Å². The SMILES string of the molecule is CC1CC(NS(=O)(=O)c2ccc(C(N)=S)s2)CCO1. The summed E-state index contributed by atoms with van der Waals surface area (Å²) < 4.78 is 32.8. The fraction of sp³-hybridized carbons (Fsp3) is 0.545. The average Bonchev–Trinajstić information content (AvgIpc) is 2.78. The normalized spacial score (nSPS) is 24.3. The maximum atomic E-state index is 12.2. The standard InChI is InChI=1S/C11H16N2O3S3/c1-7-6-8(4-5-16-7)13-19(14,15)10-3-2-9(18-10)11(12)17/h2-3,7-8,13H,4-6H2,1H3,(H2,12,17). The number of nitrogens with one attached hydrogen (secondary N) is 1. The van der Waals surface area contributed by atoms with Gasteiger partial charge in [-0.1, -0.05) is 12.2 Å². The monoisotopic (exact) mass is 320 g/mol. The number of sulfonamides is 1. The predicted octanol–water partition coefficient (Wildman–Crippen LogP) is 1.23. The van der Waals surface area contributed by atoms with Gasteiger partial charge in [0, 0.05) is 12.6 Å². The topological polar surface area (TPSA) is 81.4 Å². The molecule has 2 unspecified atom stereocenters. The summed E-state index contributed by atoms with van der Waals surface area (Å²) in [7, 11) is -3.50. The highest BCUT2D eigenvalue weighted by molar-refractivity contribution is 7.91. The summed E-state index contributed by atoms with van der Waals surface area (Å²) in [5.41, 5.74) is 5.48. The molecule has 19 heavy (non-hydrogen) atoms. The fourth-order valence-electron chi connectivity index (χ4n) is 1.98. The Morgan fingerprint density at radius 2 is 2.32 bits per heavy atom. The molecule has 0 amide bonds. The second-order valence-corrected chi connectivity index (χ2v) is 7.97. The van der Waals surface area contributed by atoms with E-state index in [1.165, 1.54) is 6.07 Å². The zero-order valence-corrected chi connectivity index (χ0v) is 12.9. The fourth-order valence-corrected chi connectivity index (χ4v) is 4.63. The molecule has 2 atom stereocenters. The van der Waals surface area contributed by atoms with E-state index in [0.29, 0.717) is 24.3 Å². The van der Waals surface area contributed by atoms with Gasteiger partial charge in [0.25, 0.3) is 0 Å². The third-order valence-electron chi connectivity index (χ3n) is 2.90. The maximum Gasteiger partial charge on any atom is 0.250 e. The summed E-state index contributed by atoms with van der Waals surface area (Å²) in [6, 6.07) is 3.09. The van der Waals surface area contributed by atoms with Crippen molar-refractivity contribution >= 4 is 38.6 Å². The number of ether oxygens (including phenoxy) is 1. The molecule has 0 aliphatic carbocycles. The van der Waals surface area contributed by atoms with Gasteiger partial charge in [0.05, 0.1) is 11.0 Å². The number of nitrogens with two attached hydrogens (primary N) is 1. The van der Waals surface area contributed by atoms with Gasteiger partial charge in [-0.3, -0.25) is 0 Å². The second kappa shape index (κ2) is 5.84. The van der Waals surface area contributed by atoms with E-state index in [2.05, 4.69) is 4.72 Å². The summed E-state index contributed by atoms with van der Waals surface area (Å²) in [5, 5.41) is 0. The number of thiophene rings is 1. The van der Waals surface area contributed by atoms with Gasteiger partial charge in [0.2, 0.25) is 10.0 Å². The zero-order chi connectivity index (χ0) is 14.0. The molecule has 0 bridgehead atoms. The van der Waals surface area contributed by atoms with Crippen LogP contribution in [0, 0.1) is 0 Å². The largest absolute Gasteiger partial charge is 0.389 e. The molecule has 1 fully saturated rings. The van der Waals surface area contributed by atoms with Crippen molar-refractivity contribution in [1.29, 1.82) is 0 Å². The van der Waals surface area contributed by atoms with E-state index in [0.717, 1.165) is 11.3 Å².